The number of carbonyl (C=O) groups is 2. The molecule has 2 N–H and O–H groups in total. The summed E-state index contributed by atoms with van der Waals surface area (Å²) in [5, 5.41) is 14.6. The first-order chi connectivity index (χ1) is 13.0. The van der Waals surface area contributed by atoms with Crippen molar-refractivity contribution in [3.8, 4) is 6.07 Å². The summed E-state index contributed by atoms with van der Waals surface area (Å²) in [5.74, 6) is -0.0743. The van der Waals surface area contributed by atoms with E-state index in [0.717, 1.165) is 11.3 Å². The summed E-state index contributed by atoms with van der Waals surface area (Å²) >= 11 is 0. The van der Waals surface area contributed by atoms with E-state index in [1.165, 1.54) is 0 Å². The molecule has 0 spiro atoms. The second kappa shape index (κ2) is 9.97. The highest BCUT2D eigenvalue weighted by Crippen LogP contribution is 2.12. The Bertz CT molecular complexity index is 804. The van der Waals surface area contributed by atoms with Crippen molar-refractivity contribution >= 4 is 23.2 Å². The average Bonchev–Trinajstić information content (AvgIpc) is 2.69. The van der Waals surface area contributed by atoms with E-state index >= 15 is 0 Å². The molecule has 0 heterocycles. The molecule has 2 aromatic rings. The number of amides is 2. The topological polar surface area (TPSA) is 85.2 Å². The van der Waals surface area contributed by atoms with Gasteiger partial charge in [0.2, 0.25) is 11.8 Å². The number of likely N-dealkylation sites (N-methyl/N-ethyl adjacent to an activating group) is 1. The molecule has 6 nitrogen and oxygen atoms in total. The van der Waals surface area contributed by atoms with Crippen LogP contribution in [0.25, 0.3) is 0 Å². The highest BCUT2D eigenvalue weighted by molar-refractivity contribution is 5.93. The quantitative estimate of drug-likeness (QED) is 0.754. The molecule has 2 aromatic carbocycles. The van der Waals surface area contributed by atoms with Crippen molar-refractivity contribution in [2.24, 2.45) is 0 Å². The van der Waals surface area contributed by atoms with E-state index in [1.54, 1.807) is 41.3 Å². The van der Waals surface area contributed by atoms with Crippen molar-refractivity contribution < 1.29 is 9.59 Å². The number of nitrogens with one attached hydrogen (secondary N) is 2. The van der Waals surface area contributed by atoms with E-state index in [0.29, 0.717) is 30.8 Å². The van der Waals surface area contributed by atoms with Crippen LogP contribution in [0.4, 0.5) is 11.4 Å². The molecule has 0 bridgehead atoms. The van der Waals surface area contributed by atoms with Crippen LogP contribution in [0.5, 0.6) is 0 Å². The number of anilines is 2. The number of carbonyl (C=O) groups excluding carboxylic acids is 2. The summed E-state index contributed by atoms with van der Waals surface area (Å²) in [4.78, 5) is 26.0. The molecule has 0 saturated heterocycles. The van der Waals surface area contributed by atoms with Gasteiger partial charge >= 0.3 is 0 Å². The standard InChI is InChI=1S/C21H24N4O2/c1-3-25(4-2)21(27)13-16-5-11-19(12-6-16)24-20(26)15-23-18-9-7-17(14-22)8-10-18/h5-12,23H,3-4,13,15H2,1-2H3,(H,24,26). The molecule has 0 aliphatic carbocycles. The number of nitriles is 1. The number of hydrogen-bond donors (Lipinski definition) is 2. The Morgan fingerprint density at radius 3 is 2.11 bits per heavy atom. The third-order valence-corrected chi connectivity index (χ3v) is 4.18. The van der Waals surface area contributed by atoms with Gasteiger partial charge in [0.1, 0.15) is 0 Å². The lowest BCUT2D eigenvalue weighted by atomic mass is 10.1. The lowest BCUT2D eigenvalue weighted by Gasteiger charge is -2.18. The molecule has 2 amide bonds. The van der Waals surface area contributed by atoms with Crippen LogP contribution in [0.3, 0.4) is 0 Å². The molecule has 0 aliphatic heterocycles. The summed E-state index contributed by atoms with van der Waals surface area (Å²) in [7, 11) is 0. The fourth-order valence-electron chi connectivity index (χ4n) is 2.62. The molecule has 0 aliphatic rings. The molecular weight excluding hydrogens is 340 g/mol. The normalized spacial score (nSPS) is 9.96. The molecule has 0 atom stereocenters. The molecule has 6 heteroatoms. The third kappa shape index (κ3) is 6.15. The number of rotatable bonds is 8. The van der Waals surface area contributed by atoms with Gasteiger partial charge in [-0.15, -0.1) is 0 Å². The van der Waals surface area contributed by atoms with E-state index in [2.05, 4.69) is 10.6 Å². The molecule has 140 valence electrons. The first-order valence-corrected chi connectivity index (χ1v) is 8.96. The van der Waals surface area contributed by atoms with Gasteiger partial charge in [-0.25, -0.2) is 0 Å². The maximum atomic E-state index is 12.1. The predicted octanol–water partition coefficient (Wildman–Crippen LogP) is 3.02. The Balaban J connectivity index is 1.83. The van der Waals surface area contributed by atoms with Gasteiger partial charge in [0.15, 0.2) is 0 Å². The second-order valence-electron chi connectivity index (χ2n) is 6.03. The van der Waals surface area contributed by atoms with Gasteiger partial charge in [0.25, 0.3) is 0 Å². The summed E-state index contributed by atoms with van der Waals surface area (Å²) in [6.45, 7) is 5.46. The van der Waals surface area contributed by atoms with E-state index in [4.69, 9.17) is 5.26 Å². The zero-order valence-corrected chi connectivity index (χ0v) is 15.7. The molecular formula is C21H24N4O2. The number of nitrogens with zero attached hydrogens (tertiary/aromatic N) is 2. The van der Waals surface area contributed by atoms with Crippen molar-refractivity contribution in [2.45, 2.75) is 20.3 Å². The molecule has 0 unspecified atom stereocenters. The van der Waals surface area contributed by atoms with Crippen molar-refractivity contribution in [1.82, 2.24) is 4.90 Å². The summed E-state index contributed by atoms with van der Waals surface area (Å²) in [6.07, 6.45) is 0.357. The molecule has 0 radical (unpaired) electrons. The smallest absolute Gasteiger partial charge is 0.243 e. The fraction of sp³-hybridized carbons (Fsp3) is 0.286. The first-order valence-electron chi connectivity index (χ1n) is 8.96. The summed E-state index contributed by atoms with van der Waals surface area (Å²) < 4.78 is 0. The third-order valence-electron chi connectivity index (χ3n) is 4.18. The molecule has 27 heavy (non-hydrogen) atoms. The van der Waals surface area contributed by atoms with E-state index in [1.807, 2.05) is 32.0 Å². The summed E-state index contributed by atoms with van der Waals surface area (Å²) in [6, 6.07) is 16.2. The minimum Gasteiger partial charge on any atom is -0.376 e. The predicted molar refractivity (Wildman–Crippen MR) is 106 cm³/mol. The largest absolute Gasteiger partial charge is 0.376 e. The van der Waals surface area contributed by atoms with Crippen LogP contribution in [-0.2, 0) is 16.0 Å². The maximum absolute atomic E-state index is 12.1. The summed E-state index contributed by atoms with van der Waals surface area (Å²) in [5.41, 5.74) is 2.94. The van der Waals surface area contributed by atoms with Crippen LogP contribution in [0, 0.1) is 11.3 Å². The van der Waals surface area contributed by atoms with E-state index in [-0.39, 0.29) is 18.4 Å². The van der Waals surface area contributed by atoms with Crippen LogP contribution in [0.1, 0.15) is 25.0 Å². The van der Waals surface area contributed by atoms with Crippen LogP contribution < -0.4 is 10.6 Å². The van der Waals surface area contributed by atoms with Gasteiger partial charge in [-0.05, 0) is 55.8 Å². The van der Waals surface area contributed by atoms with Crippen LogP contribution in [0.2, 0.25) is 0 Å². The van der Waals surface area contributed by atoms with Crippen molar-refractivity contribution in [2.75, 3.05) is 30.3 Å². The Morgan fingerprint density at radius 2 is 1.56 bits per heavy atom. The van der Waals surface area contributed by atoms with E-state index in [9.17, 15) is 9.59 Å². The monoisotopic (exact) mass is 364 g/mol. The van der Waals surface area contributed by atoms with Crippen LogP contribution in [-0.4, -0.2) is 36.3 Å². The molecule has 0 aromatic heterocycles. The fourth-order valence-corrected chi connectivity index (χ4v) is 2.62. The zero-order valence-electron chi connectivity index (χ0n) is 15.7. The lowest BCUT2D eigenvalue weighted by molar-refractivity contribution is -0.130. The Kier molecular flexibility index (Phi) is 7.38. The number of hydrogen-bond acceptors (Lipinski definition) is 4. The first kappa shape index (κ1) is 20.0. The zero-order chi connectivity index (χ0) is 19.6. The Morgan fingerprint density at radius 1 is 0.963 bits per heavy atom. The minimum atomic E-state index is -0.175. The van der Waals surface area contributed by atoms with Crippen molar-refractivity contribution in [1.29, 1.82) is 5.26 Å². The Hall–Kier alpha value is -3.33. The van der Waals surface area contributed by atoms with Gasteiger partial charge in [-0.1, -0.05) is 12.1 Å². The van der Waals surface area contributed by atoms with E-state index < -0.39 is 0 Å². The highest BCUT2D eigenvalue weighted by atomic mass is 16.2. The molecule has 0 saturated carbocycles. The van der Waals surface area contributed by atoms with Gasteiger partial charge in [-0.2, -0.15) is 5.26 Å². The second-order valence-corrected chi connectivity index (χ2v) is 6.03. The SMILES string of the molecule is CCN(CC)C(=O)Cc1ccc(NC(=O)CNc2ccc(C#N)cc2)cc1. The van der Waals surface area contributed by atoms with Gasteiger partial charge in [0.05, 0.1) is 24.6 Å². The van der Waals surface area contributed by atoms with Gasteiger partial charge in [-0.3, -0.25) is 9.59 Å². The highest BCUT2D eigenvalue weighted by Gasteiger charge is 2.10. The minimum absolute atomic E-state index is 0.100. The number of benzene rings is 2. The molecule has 0 fully saturated rings. The Labute approximate surface area is 159 Å². The van der Waals surface area contributed by atoms with Crippen molar-refractivity contribution in [3.05, 3.63) is 59.7 Å². The van der Waals surface area contributed by atoms with Crippen LogP contribution >= 0.6 is 0 Å². The molecule has 2 rings (SSSR count). The van der Waals surface area contributed by atoms with Crippen molar-refractivity contribution in [3.63, 3.8) is 0 Å². The lowest BCUT2D eigenvalue weighted by Crippen LogP contribution is -2.31. The van der Waals surface area contributed by atoms with Gasteiger partial charge in [0, 0.05) is 24.5 Å². The van der Waals surface area contributed by atoms with Gasteiger partial charge < -0.3 is 15.5 Å². The maximum Gasteiger partial charge on any atom is 0.243 e. The van der Waals surface area contributed by atoms with Crippen LogP contribution in [0.15, 0.2) is 48.5 Å². The average molecular weight is 364 g/mol.